The van der Waals surface area contributed by atoms with E-state index in [1.165, 1.54) is 24.1 Å². The lowest BCUT2D eigenvalue weighted by molar-refractivity contribution is -0.0225. The molecule has 1 aromatic heterocycles. The van der Waals surface area contributed by atoms with E-state index in [4.69, 9.17) is 4.74 Å². The van der Waals surface area contributed by atoms with Crippen LogP contribution in [0.2, 0.25) is 0 Å². The molecular weight excluding hydrogens is 288 g/mol. The molecule has 0 spiro atoms. The molecule has 4 aliphatic heterocycles. The second-order valence-electron chi connectivity index (χ2n) is 6.56. The first kappa shape index (κ1) is 13.2. The number of fused-ring (bicyclic) bond motifs is 5. The topological polar surface area (TPSA) is 49.4 Å². The number of morpholine rings is 1. The Kier molecular flexibility index (Phi) is 2.94. The van der Waals surface area contributed by atoms with Crippen LogP contribution in [0, 0.1) is 0 Å². The van der Waals surface area contributed by atoms with E-state index < -0.39 is 0 Å². The minimum Gasteiger partial charge on any atom is -0.379 e. The monoisotopic (exact) mass is 308 g/mol. The molecule has 0 radical (unpaired) electrons. The Morgan fingerprint density at radius 2 is 2.17 bits per heavy atom. The summed E-state index contributed by atoms with van der Waals surface area (Å²) < 4.78 is 5.83. The van der Waals surface area contributed by atoms with E-state index in [1.54, 1.807) is 0 Å². The Hall–Kier alpha value is -2.27. The van der Waals surface area contributed by atoms with Crippen LogP contribution in [-0.2, 0) is 11.3 Å². The van der Waals surface area contributed by atoms with Gasteiger partial charge in [-0.3, -0.25) is 0 Å². The number of aromatic nitrogens is 1. The lowest BCUT2D eigenvalue weighted by Gasteiger charge is -2.46. The molecule has 2 bridgehead atoms. The first-order valence-electron chi connectivity index (χ1n) is 8.34. The van der Waals surface area contributed by atoms with Crippen molar-refractivity contribution in [3.8, 4) is 0 Å². The van der Waals surface area contributed by atoms with Crippen LogP contribution in [0.4, 0.5) is 22.9 Å². The number of piperidine rings is 1. The molecule has 3 fully saturated rings. The van der Waals surface area contributed by atoms with Gasteiger partial charge < -0.3 is 20.3 Å². The van der Waals surface area contributed by atoms with Crippen LogP contribution in [0.15, 0.2) is 36.5 Å². The predicted octanol–water partition coefficient (Wildman–Crippen LogP) is 3.12. The summed E-state index contributed by atoms with van der Waals surface area (Å²) in [6.45, 7) is 2.67. The van der Waals surface area contributed by atoms with E-state index in [9.17, 15) is 0 Å². The van der Waals surface area contributed by atoms with Crippen LogP contribution in [0.1, 0.15) is 18.4 Å². The Labute approximate surface area is 135 Å². The lowest BCUT2D eigenvalue weighted by Crippen LogP contribution is -2.54. The minimum atomic E-state index is 0.401. The zero-order valence-corrected chi connectivity index (χ0v) is 13.0. The summed E-state index contributed by atoms with van der Waals surface area (Å²) in [6, 6.07) is 11.2. The van der Waals surface area contributed by atoms with Gasteiger partial charge in [-0.05, 0) is 37.1 Å². The molecule has 2 N–H and O–H groups in total. The van der Waals surface area contributed by atoms with Crippen LogP contribution < -0.4 is 15.5 Å². The van der Waals surface area contributed by atoms with Gasteiger partial charge in [-0.25, -0.2) is 4.98 Å². The van der Waals surface area contributed by atoms with E-state index in [2.05, 4.69) is 44.8 Å². The predicted molar refractivity (Wildman–Crippen MR) is 91.4 cm³/mol. The summed E-state index contributed by atoms with van der Waals surface area (Å²) in [7, 11) is 0. The van der Waals surface area contributed by atoms with E-state index in [1.807, 2.05) is 12.3 Å². The highest BCUT2D eigenvalue weighted by atomic mass is 16.5. The largest absolute Gasteiger partial charge is 0.379 e. The number of hydrogen-bond acceptors (Lipinski definition) is 5. The zero-order chi connectivity index (χ0) is 15.2. The quantitative estimate of drug-likeness (QED) is 0.848. The normalized spacial score (nSPS) is 25.0. The summed E-state index contributed by atoms with van der Waals surface area (Å²) >= 11 is 0. The number of nitrogens with zero attached hydrogens (tertiary/aromatic N) is 2. The SMILES string of the molecule is c1cnc2c(c1)CNc1cc(N3C[C@H]4CC[C@H]3CO4)ccc1N2. The smallest absolute Gasteiger partial charge is 0.135 e. The minimum absolute atomic E-state index is 0.401. The molecule has 5 heterocycles. The van der Waals surface area contributed by atoms with Crippen LogP contribution in [0.3, 0.4) is 0 Å². The van der Waals surface area contributed by atoms with Gasteiger partial charge in [0.15, 0.2) is 0 Å². The van der Waals surface area contributed by atoms with Gasteiger partial charge in [0.2, 0.25) is 0 Å². The van der Waals surface area contributed by atoms with Crippen molar-refractivity contribution in [3.05, 3.63) is 42.1 Å². The molecule has 0 saturated carbocycles. The highest BCUT2D eigenvalue weighted by molar-refractivity contribution is 5.80. The van der Waals surface area contributed by atoms with Gasteiger partial charge in [0.05, 0.1) is 30.1 Å². The van der Waals surface area contributed by atoms with Crippen molar-refractivity contribution in [1.82, 2.24) is 4.98 Å². The van der Waals surface area contributed by atoms with E-state index >= 15 is 0 Å². The first-order chi connectivity index (χ1) is 11.4. The molecule has 0 unspecified atom stereocenters. The first-order valence-corrected chi connectivity index (χ1v) is 8.34. The van der Waals surface area contributed by atoms with Gasteiger partial charge in [-0.2, -0.15) is 0 Å². The van der Waals surface area contributed by atoms with Gasteiger partial charge in [0, 0.05) is 30.5 Å². The number of benzene rings is 1. The Balaban J connectivity index is 1.47. The Morgan fingerprint density at radius 1 is 1.17 bits per heavy atom. The zero-order valence-electron chi connectivity index (χ0n) is 13.0. The summed E-state index contributed by atoms with van der Waals surface area (Å²) in [5.74, 6) is 0.942. The molecule has 1 aromatic carbocycles. The van der Waals surface area contributed by atoms with Crippen molar-refractivity contribution < 1.29 is 4.74 Å². The van der Waals surface area contributed by atoms with Crippen molar-refractivity contribution in [2.45, 2.75) is 31.5 Å². The third-order valence-electron chi connectivity index (χ3n) is 5.14. The molecule has 2 aromatic rings. The van der Waals surface area contributed by atoms with Crippen LogP contribution in [-0.4, -0.2) is 30.3 Å². The highest BCUT2D eigenvalue weighted by Gasteiger charge is 2.34. The second-order valence-corrected chi connectivity index (χ2v) is 6.56. The fraction of sp³-hybridized carbons (Fsp3) is 0.389. The van der Waals surface area contributed by atoms with Crippen LogP contribution >= 0.6 is 0 Å². The maximum Gasteiger partial charge on any atom is 0.135 e. The van der Waals surface area contributed by atoms with Crippen LogP contribution in [0.5, 0.6) is 0 Å². The molecule has 2 atom stereocenters. The maximum absolute atomic E-state index is 5.83. The van der Waals surface area contributed by atoms with Gasteiger partial charge in [-0.1, -0.05) is 6.07 Å². The van der Waals surface area contributed by atoms with Crippen molar-refractivity contribution in [2.75, 3.05) is 28.7 Å². The van der Waals surface area contributed by atoms with Crippen molar-refractivity contribution in [2.24, 2.45) is 0 Å². The number of rotatable bonds is 1. The molecule has 118 valence electrons. The molecule has 6 rings (SSSR count). The van der Waals surface area contributed by atoms with Crippen LogP contribution in [0.25, 0.3) is 0 Å². The summed E-state index contributed by atoms with van der Waals surface area (Å²) in [4.78, 5) is 6.95. The van der Waals surface area contributed by atoms with Gasteiger partial charge in [0.25, 0.3) is 0 Å². The van der Waals surface area contributed by atoms with Gasteiger partial charge >= 0.3 is 0 Å². The number of anilines is 4. The van der Waals surface area contributed by atoms with Gasteiger partial charge in [-0.15, -0.1) is 0 Å². The van der Waals surface area contributed by atoms with Crippen molar-refractivity contribution in [1.29, 1.82) is 0 Å². The maximum atomic E-state index is 5.83. The third-order valence-corrected chi connectivity index (χ3v) is 5.14. The van der Waals surface area contributed by atoms with E-state index in [0.29, 0.717) is 12.1 Å². The van der Waals surface area contributed by atoms with E-state index in [-0.39, 0.29) is 0 Å². The molecule has 0 amide bonds. The third kappa shape index (κ3) is 2.23. The lowest BCUT2D eigenvalue weighted by atomic mass is 9.96. The summed E-state index contributed by atoms with van der Waals surface area (Å²) in [6.07, 6.45) is 4.67. The highest BCUT2D eigenvalue weighted by Crippen LogP contribution is 2.37. The summed E-state index contributed by atoms with van der Waals surface area (Å²) in [5, 5.41) is 6.99. The molecule has 5 heteroatoms. The molecule has 5 nitrogen and oxygen atoms in total. The number of ether oxygens (including phenoxy) is 1. The van der Waals surface area contributed by atoms with E-state index in [0.717, 1.165) is 36.9 Å². The number of hydrogen-bond donors (Lipinski definition) is 2. The number of pyridine rings is 1. The molecule has 23 heavy (non-hydrogen) atoms. The second kappa shape index (κ2) is 5.13. The van der Waals surface area contributed by atoms with Crippen molar-refractivity contribution >= 4 is 22.9 Å². The summed E-state index contributed by atoms with van der Waals surface area (Å²) in [5.41, 5.74) is 4.71. The fourth-order valence-electron chi connectivity index (χ4n) is 3.84. The average molecular weight is 308 g/mol. The molecule has 4 aliphatic rings. The number of nitrogens with one attached hydrogen (secondary N) is 2. The fourth-order valence-corrected chi connectivity index (χ4v) is 3.84. The van der Waals surface area contributed by atoms with Crippen molar-refractivity contribution in [3.63, 3.8) is 0 Å². The molecule has 3 saturated heterocycles. The molecular formula is C18H20N4O. The Bertz CT molecular complexity index is 740. The molecule has 0 aliphatic carbocycles. The Morgan fingerprint density at radius 3 is 3.00 bits per heavy atom. The average Bonchev–Trinajstić information content (AvgIpc) is 2.81. The van der Waals surface area contributed by atoms with Gasteiger partial charge in [0.1, 0.15) is 5.82 Å². The standard InChI is InChI=1S/C18H20N4O/c1-2-12-9-20-17-8-13(4-6-16(17)21-18(12)19-7-1)22-10-15-5-3-14(22)11-23-15/h1-2,4,6-8,14-15,20H,3,5,9-11H2,(H,19,21)/t14-,15+/m0/s1.